The molecule has 2 aromatic carbocycles. The van der Waals surface area contributed by atoms with Crippen LogP contribution >= 0.6 is 22.6 Å². The highest BCUT2D eigenvalue weighted by Gasteiger charge is 2.00. The lowest BCUT2D eigenvalue weighted by Gasteiger charge is -2.00. The molecule has 5 heteroatoms. The molecule has 0 saturated heterocycles. The topological polar surface area (TPSA) is 65.2 Å². The van der Waals surface area contributed by atoms with Crippen LogP contribution in [-0.2, 0) is 6.54 Å². The molecule has 0 amide bonds. The van der Waals surface area contributed by atoms with E-state index in [-0.39, 0.29) is 18.0 Å². The summed E-state index contributed by atoms with van der Waals surface area (Å²) >= 11 is 2.22. The summed E-state index contributed by atoms with van der Waals surface area (Å²) in [4.78, 5) is 0. The molecule has 18 heavy (non-hydrogen) atoms. The van der Waals surface area contributed by atoms with Crippen LogP contribution < -0.4 is 0 Å². The van der Waals surface area contributed by atoms with E-state index in [2.05, 4.69) is 32.8 Å². The van der Waals surface area contributed by atoms with E-state index in [0.29, 0.717) is 5.56 Å². The van der Waals surface area contributed by atoms with Crippen LogP contribution in [0.1, 0.15) is 5.56 Å². The maximum Gasteiger partial charge on any atom is 0.124 e. The summed E-state index contributed by atoms with van der Waals surface area (Å²) in [6, 6.07) is 12.1. The van der Waals surface area contributed by atoms with Gasteiger partial charge in [-0.15, -0.1) is 0 Å². The van der Waals surface area contributed by atoms with Gasteiger partial charge in [-0.05, 0) is 59.0 Å². The van der Waals surface area contributed by atoms with Crippen LogP contribution in [0.5, 0.6) is 11.5 Å². The molecule has 0 atom stereocenters. The van der Waals surface area contributed by atoms with Crippen LogP contribution in [0, 0.1) is 3.57 Å². The fourth-order valence-corrected chi connectivity index (χ4v) is 1.75. The summed E-state index contributed by atoms with van der Waals surface area (Å²) in [7, 11) is 0. The van der Waals surface area contributed by atoms with Crippen molar-refractivity contribution in [1.82, 2.24) is 0 Å². The smallest absolute Gasteiger partial charge is 0.124 e. The third kappa shape index (κ3) is 3.43. The zero-order chi connectivity index (χ0) is 13.0. The van der Waals surface area contributed by atoms with Crippen molar-refractivity contribution in [2.45, 2.75) is 6.54 Å². The van der Waals surface area contributed by atoms with Gasteiger partial charge < -0.3 is 10.2 Å². The third-order valence-corrected chi connectivity index (χ3v) is 3.04. The largest absolute Gasteiger partial charge is 0.508 e. The third-order valence-electron chi connectivity index (χ3n) is 2.32. The molecular formula is C13H11IN2O2. The van der Waals surface area contributed by atoms with Crippen molar-refractivity contribution in [3.8, 4) is 11.5 Å². The zero-order valence-corrected chi connectivity index (χ0v) is 11.6. The summed E-state index contributed by atoms with van der Waals surface area (Å²) in [5.41, 5.74) is 1.40. The lowest BCUT2D eigenvalue weighted by molar-refractivity contribution is 0.446. The van der Waals surface area contributed by atoms with Gasteiger partial charge in [0.1, 0.15) is 11.5 Å². The second kappa shape index (κ2) is 5.81. The van der Waals surface area contributed by atoms with Gasteiger partial charge in [-0.25, -0.2) is 0 Å². The second-order valence-electron chi connectivity index (χ2n) is 3.69. The molecule has 0 aliphatic carbocycles. The molecule has 0 aliphatic heterocycles. The van der Waals surface area contributed by atoms with Crippen LogP contribution in [0.15, 0.2) is 52.7 Å². The number of halogens is 1. The Kier molecular flexibility index (Phi) is 4.14. The molecule has 0 saturated carbocycles. The molecule has 0 aromatic heterocycles. The van der Waals surface area contributed by atoms with E-state index >= 15 is 0 Å². The predicted octanol–water partition coefficient (Wildman–Crippen LogP) is 3.99. The van der Waals surface area contributed by atoms with E-state index in [0.717, 1.165) is 9.26 Å². The summed E-state index contributed by atoms with van der Waals surface area (Å²) in [6.07, 6.45) is 0. The monoisotopic (exact) mass is 354 g/mol. The number of azo groups is 1. The van der Waals surface area contributed by atoms with Gasteiger partial charge in [0.15, 0.2) is 0 Å². The summed E-state index contributed by atoms with van der Waals surface area (Å²) < 4.78 is 1.14. The van der Waals surface area contributed by atoms with Crippen molar-refractivity contribution in [2.75, 3.05) is 0 Å². The SMILES string of the molecule is Oc1ccc(CN=Nc2ccc(I)cc2)c(O)c1. The maximum atomic E-state index is 9.56. The Labute approximate surface area is 118 Å². The first-order chi connectivity index (χ1) is 8.65. The van der Waals surface area contributed by atoms with Crippen LogP contribution in [0.4, 0.5) is 5.69 Å². The standard InChI is InChI=1S/C13H11IN2O2/c14-10-2-4-11(5-3-10)16-15-8-9-1-6-12(17)7-13(9)18/h1-7,17-18H,8H2. The maximum absolute atomic E-state index is 9.56. The molecule has 2 N–H and O–H groups in total. The minimum atomic E-state index is 0.0246. The first-order valence-corrected chi connectivity index (χ1v) is 6.37. The number of aromatic hydroxyl groups is 2. The van der Waals surface area contributed by atoms with Crippen LogP contribution in [-0.4, -0.2) is 10.2 Å². The highest BCUT2D eigenvalue weighted by molar-refractivity contribution is 14.1. The Balaban J connectivity index is 2.05. The fraction of sp³-hybridized carbons (Fsp3) is 0.0769. The van der Waals surface area contributed by atoms with Gasteiger partial charge in [0, 0.05) is 15.2 Å². The Morgan fingerprint density at radius 1 is 1.00 bits per heavy atom. The lowest BCUT2D eigenvalue weighted by atomic mass is 10.2. The van der Waals surface area contributed by atoms with Crippen molar-refractivity contribution < 1.29 is 10.2 Å². The van der Waals surface area contributed by atoms with Crippen molar-refractivity contribution >= 4 is 28.3 Å². The molecule has 92 valence electrons. The van der Waals surface area contributed by atoms with Gasteiger partial charge in [0.05, 0.1) is 12.2 Å². The molecule has 2 aromatic rings. The number of hydrogen-bond acceptors (Lipinski definition) is 4. The van der Waals surface area contributed by atoms with Crippen LogP contribution in [0.2, 0.25) is 0 Å². The van der Waals surface area contributed by atoms with Crippen molar-refractivity contribution in [3.05, 3.63) is 51.6 Å². The number of nitrogens with zero attached hydrogens (tertiary/aromatic N) is 2. The number of phenolic OH excluding ortho intramolecular Hbond substituents is 2. The Bertz CT molecular complexity index is 568. The number of phenols is 2. The van der Waals surface area contributed by atoms with Crippen molar-refractivity contribution in [2.24, 2.45) is 10.2 Å². The van der Waals surface area contributed by atoms with Gasteiger partial charge in [-0.1, -0.05) is 0 Å². The Morgan fingerprint density at radius 3 is 2.39 bits per heavy atom. The molecule has 0 unspecified atom stereocenters. The van der Waals surface area contributed by atoms with Gasteiger partial charge >= 0.3 is 0 Å². The van der Waals surface area contributed by atoms with Gasteiger partial charge in [0.25, 0.3) is 0 Å². The van der Waals surface area contributed by atoms with Gasteiger partial charge in [-0.2, -0.15) is 10.2 Å². The first kappa shape index (κ1) is 12.8. The molecule has 0 radical (unpaired) electrons. The van der Waals surface area contributed by atoms with E-state index in [1.807, 2.05) is 24.3 Å². The summed E-state index contributed by atoms with van der Waals surface area (Å²) in [5.74, 6) is 0.0578. The molecule has 0 aliphatic rings. The molecule has 0 fully saturated rings. The quantitative estimate of drug-likeness (QED) is 0.647. The van der Waals surface area contributed by atoms with Gasteiger partial charge in [-0.3, -0.25) is 0 Å². The van der Waals surface area contributed by atoms with Crippen molar-refractivity contribution in [3.63, 3.8) is 0 Å². The van der Waals surface area contributed by atoms with E-state index in [1.54, 1.807) is 6.07 Å². The van der Waals surface area contributed by atoms with E-state index in [1.165, 1.54) is 12.1 Å². The van der Waals surface area contributed by atoms with E-state index in [4.69, 9.17) is 5.11 Å². The number of benzene rings is 2. The Morgan fingerprint density at radius 2 is 1.72 bits per heavy atom. The highest BCUT2D eigenvalue weighted by Crippen LogP contribution is 2.23. The number of rotatable bonds is 3. The molecule has 0 bridgehead atoms. The average molecular weight is 354 g/mol. The predicted molar refractivity (Wildman–Crippen MR) is 77.2 cm³/mol. The lowest BCUT2D eigenvalue weighted by Crippen LogP contribution is -1.81. The molecule has 0 spiro atoms. The molecular weight excluding hydrogens is 343 g/mol. The molecule has 4 nitrogen and oxygen atoms in total. The second-order valence-corrected chi connectivity index (χ2v) is 4.93. The number of hydrogen-bond donors (Lipinski definition) is 2. The molecule has 2 rings (SSSR count). The normalized spacial score (nSPS) is 10.9. The van der Waals surface area contributed by atoms with E-state index < -0.39 is 0 Å². The fourth-order valence-electron chi connectivity index (χ4n) is 1.39. The summed E-state index contributed by atoms with van der Waals surface area (Å²) in [5, 5.41) is 26.8. The van der Waals surface area contributed by atoms with E-state index in [9.17, 15) is 5.11 Å². The van der Waals surface area contributed by atoms with Gasteiger partial charge in [0.2, 0.25) is 0 Å². The molecule has 0 heterocycles. The minimum Gasteiger partial charge on any atom is -0.508 e. The first-order valence-electron chi connectivity index (χ1n) is 5.29. The van der Waals surface area contributed by atoms with Crippen molar-refractivity contribution in [1.29, 1.82) is 0 Å². The zero-order valence-electron chi connectivity index (χ0n) is 9.42. The summed E-state index contributed by atoms with van der Waals surface area (Å²) in [6.45, 7) is 0.276. The minimum absolute atomic E-state index is 0.0246. The highest BCUT2D eigenvalue weighted by atomic mass is 127. The van der Waals surface area contributed by atoms with Crippen LogP contribution in [0.3, 0.4) is 0 Å². The Hall–Kier alpha value is -1.63. The van der Waals surface area contributed by atoms with Crippen LogP contribution in [0.25, 0.3) is 0 Å². The average Bonchev–Trinajstić information content (AvgIpc) is 2.34.